The van der Waals surface area contributed by atoms with Crippen LogP contribution in [0, 0.1) is 40.4 Å². The predicted octanol–water partition coefficient (Wildman–Crippen LogP) is 5.61. The van der Waals surface area contributed by atoms with Crippen molar-refractivity contribution < 1.29 is 22.0 Å². The second-order valence-corrected chi connectivity index (χ2v) is 6.81. The lowest BCUT2D eigenvalue weighted by atomic mass is 9.88. The van der Waals surface area contributed by atoms with Crippen molar-refractivity contribution >= 4 is 23.2 Å². The quantitative estimate of drug-likeness (QED) is 0.371. The number of benzene rings is 1. The van der Waals surface area contributed by atoms with Gasteiger partial charge in [-0.05, 0) is 17.4 Å². The summed E-state index contributed by atoms with van der Waals surface area (Å²) >= 11 is 11.1. The van der Waals surface area contributed by atoms with Crippen LogP contribution < -0.4 is 0 Å². The minimum Gasteiger partial charge on any atom is -0.203 e. The lowest BCUT2D eigenvalue weighted by Gasteiger charge is -2.18. The van der Waals surface area contributed by atoms with Gasteiger partial charge in [-0.3, -0.25) is 0 Å². The van der Waals surface area contributed by atoms with E-state index in [4.69, 9.17) is 23.2 Å². The summed E-state index contributed by atoms with van der Waals surface area (Å²) in [6, 6.07) is 0. The second kappa shape index (κ2) is 4.85. The van der Waals surface area contributed by atoms with Crippen molar-refractivity contribution in [2.75, 3.05) is 0 Å². The molecular formula is C14H11Cl2F5. The molecule has 0 bridgehead atoms. The van der Waals surface area contributed by atoms with Crippen LogP contribution in [0.4, 0.5) is 22.0 Å². The van der Waals surface area contributed by atoms with Gasteiger partial charge in [0.15, 0.2) is 23.3 Å². The molecule has 0 aromatic heterocycles. The van der Waals surface area contributed by atoms with Crippen molar-refractivity contribution in [1.29, 1.82) is 0 Å². The molecule has 1 aromatic rings. The van der Waals surface area contributed by atoms with Gasteiger partial charge in [-0.2, -0.15) is 0 Å². The molecule has 0 aliphatic heterocycles. The Morgan fingerprint density at radius 2 is 1.24 bits per heavy atom. The summed E-state index contributed by atoms with van der Waals surface area (Å²) in [5, 5.41) is 0. The highest BCUT2D eigenvalue weighted by molar-refractivity contribution is 6.55. The summed E-state index contributed by atoms with van der Waals surface area (Å²) in [5.41, 5.74) is -2.90. The predicted molar refractivity (Wildman–Crippen MR) is 70.6 cm³/mol. The first-order valence-electron chi connectivity index (χ1n) is 6.02. The summed E-state index contributed by atoms with van der Waals surface area (Å²) in [4.78, 5) is 0. The van der Waals surface area contributed by atoms with Gasteiger partial charge in [-0.25, -0.2) is 22.0 Å². The molecule has 2 atom stereocenters. The summed E-state index contributed by atoms with van der Waals surface area (Å²) in [5.74, 6) is -10.3. The third-order valence-electron chi connectivity index (χ3n) is 4.68. The normalized spacial score (nSPS) is 26.7. The Morgan fingerprint density at radius 1 is 0.857 bits per heavy atom. The fraction of sp³-hybridized carbons (Fsp3) is 0.429. The van der Waals surface area contributed by atoms with Crippen LogP contribution in [0.5, 0.6) is 0 Å². The first-order valence-corrected chi connectivity index (χ1v) is 6.78. The highest BCUT2D eigenvalue weighted by Gasteiger charge is 2.69. The molecule has 7 heteroatoms. The molecule has 0 radical (unpaired) electrons. The lowest BCUT2D eigenvalue weighted by Crippen LogP contribution is -2.18. The number of allylic oxidation sites excluding steroid dienone is 1. The van der Waals surface area contributed by atoms with Gasteiger partial charge in [0, 0.05) is 11.0 Å². The van der Waals surface area contributed by atoms with Crippen LogP contribution in [-0.2, 0) is 5.41 Å². The molecule has 0 N–H and O–H groups in total. The molecular weight excluding hydrogens is 334 g/mol. The molecule has 2 unspecified atom stereocenters. The van der Waals surface area contributed by atoms with Crippen molar-refractivity contribution in [3.8, 4) is 0 Å². The van der Waals surface area contributed by atoms with Gasteiger partial charge in [-0.1, -0.05) is 44.0 Å². The van der Waals surface area contributed by atoms with Crippen molar-refractivity contribution in [3.05, 3.63) is 45.2 Å². The van der Waals surface area contributed by atoms with Gasteiger partial charge in [0.1, 0.15) is 4.49 Å². The van der Waals surface area contributed by atoms with E-state index in [0.29, 0.717) is 0 Å². The Morgan fingerprint density at radius 3 is 1.62 bits per heavy atom. The number of halogens is 7. The molecule has 0 amide bonds. The van der Waals surface area contributed by atoms with Crippen molar-refractivity contribution in [2.45, 2.75) is 26.2 Å². The van der Waals surface area contributed by atoms with Crippen molar-refractivity contribution in [1.82, 2.24) is 0 Å². The molecule has 21 heavy (non-hydrogen) atoms. The van der Waals surface area contributed by atoms with E-state index < -0.39 is 51.4 Å². The zero-order valence-corrected chi connectivity index (χ0v) is 12.8. The highest BCUT2D eigenvalue weighted by Crippen LogP contribution is 2.71. The van der Waals surface area contributed by atoms with Crippen LogP contribution in [0.3, 0.4) is 0 Å². The smallest absolute Gasteiger partial charge is 0.200 e. The number of hydrogen-bond acceptors (Lipinski definition) is 0. The Hall–Kier alpha value is -0.810. The van der Waals surface area contributed by atoms with E-state index >= 15 is 0 Å². The minimum absolute atomic E-state index is 0.124. The molecule has 1 aromatic carbocycles. The van der Waals surface area contributed by atoms with Gasteiger partial charge in [0.25, 0.3) is 0 Å². The van der Waals surface area contributed by atoms with E-state index in [1.165, 1.54) is 13.0 Å². The average molecular weight is 345 g/mol. The van der Waals surface area contributed by atoms with E-state index in [9.17, 15) is 22.0 Å². The van der Waals surface area contributed by atoms with E-state index in [-0.39, 0.29) is 4.49 Å². The zero-order valence-electron chi connectivity index (χ0n) is 11.3. The summed E-state index contributed by atoms with van der Waals surface area (Å²) in [6.45, 7) is 4.70. The highest BCUT2D eigenvalue weighted by atomic mass is 35.5. The Balaban J connectivity index is 2.72. The third kappa shape index (κ3) is 2.08. The van der Waals surface area contributed by atoms with E-state index in [1.54, 1.807) is 13.8 Å². The second-order valence-electron chi connectivity index (χ2n) is 5.80. The first kappa shape index (κ1) is 16.6. The molecule has 1 aliphatic carbocycles. The van der Waals surface area contributed by atoms with E-state index in [2.05, 4.69) is 0 Å². The molecule has 1 saturated carbocycles. The molecule has 0 saturated heterocycles. The summed E-state index contributed by atoms with van der Waals surface area (Å²) < 4.78 is 67.7. The lowest BCUT2D eigenvalue weighted by molar-refractivity contribution is 0.355. The van der Waals surface area contributed by atoms with E-state index in [1.807, 2.05) is 0 Å². The number of rotatable bonds is 2. The SMILES string of the molecule is CC1(C)C(C=C(Cl)Cl)C1(C)c1c(F)c(F)c(F)c(F)c1F. The fourth-order valence-corrected chi connectivity index (χ4v) is 3.32. The largest absolute Gasteiger partial charge is 0.203 e. The fourth-order valence-electron chi connectivity index (χ4n) is 3.06. The summed E-state index contributed by atoms with van der Waals surface area (Å²) in [7, 11) is 0. The van der Waals surface area contributed by atoms with Crippen LogP contribution in [0.1, 0.15) is 26.3 Å². The molecule has 0 heterocycles. The molecule has 0 spiro atoms. The molecule has 1 aliphatic rings. The van der Waals surface area contributed by atoms with Gasteiger partial charge < -0.3 is 0 Å². The van der Waals surface area contributed by atoms with Crippen LogP contribution >= 0.6 is 23.2 Å². The van der Waals surface area contributed by atoms with Gasteiger partial charge >= 0.3 is 0 Å². The third-order valence-corrected chi connectivity index (χ3v) is 4.93. The Kier molecular flexibility index (Phi) is 3.82. The zero-order chi connectivity index (χ0) is 16.3. The monoisotopic (exact) mass is 344 g/mol. The molecule has 0 nitrogen and oxygen atoms in total. The van der Waals surface area contributed by atoms with Crippen LogP contribution in [0.15, 0.2) is 10.6 Å². The summed E-state index contributed by atoms with van der Waals surface area (Å²) in [6.07, 6.45) is 1.35. The van der Waals surface area contributed by atoms with Crippen LogP contribution in [0.2, 0.25) is 0 Å². The Labute approximate surface area is 128 Å². The standard InChI is InChI=1S/C14H11Cl2F5/c1-13(2)5(4-6(15)16)14(13,3)7-8(17)10(19)12(21)11(20)9(7)18/h4-5H,1-3H3. The minimum atomic E-state index is -2.17. The van der Waals surface area contributed by atoms with Gasteiger partial charge in [-0.15, -0.1) is 0 Å². The van der Waals surface area contributed by atoms with Gasteiger partial charge in [0.2, 0.25) is 5.82 Å². The molecule has 116 valence electrons. The molecule has 1 fully saturated rings. The maximum absolute atomic E-state index is 14.0. The topological polar surface area (TPSA) is 0 Å². The maximum atomic E-state index is 14.0. The van der Waals surface area contributed by atoms with Crippen molar-refractivity contribution in [3.63, 3.8) is 0 Å². The van der Waals surface area contributed by atoms with Crippen molar-refractivity contribution in [2.24, 2.45) is 11.3 Å². The van der Waals surface area contributed by atoms with Gasteiger partial charge in [0.05, 0.1) is 0 Å². The first-order chi connectivity index (χ1) is 9.47. The maximum Gasteiger partial charge on any atom is 0.200 e. The Bertz CT molecular complexity index is 620. The van der Waals surface area contributed by atoms with Crippen LogP contribution in [-0.4, -0.2) is 0 Å². The molecule has 2 rings (SSSR count). The van der Waals surface area contributed by atoms with E-state index in [0.717, 1.165) is 0 Å². The number of hydrogen-bond donors (Lipinski definition) is 0. The average Bonchev–Trinajstić information content (AvgIpc) is 2.79. The van der Waals surface area contributed by atoms with Crippen LogP contribution in [0.25, 0.3) is 0 Å².